The Morgan fingerprint density at radius 3 is 2.59 bits per heavy atom. The number of aliphatic carboxylic acids is 1. The molecule has 186 valence electrons. The first kappa shape index (κ1) is 24.4. The number of ether oxygens (including phenoxy) is 2. The summed E-state index contributed by atoms with van der Waals surface area (Å²) in [5.41, 5.74) is 1.39. The van der Waals surface area contributed by atoms with Crippen LogP contribution in [0.3, 0.4) is 0 Å². The third-order valence-corrected chi connectivity index (χ3v) is 6.60. The van der Waals surface area contributed by atoms with Crippen molar-refractivity contribution in [1.82, 2.24) is 5.16 Å². The number of halogens is 1. The molecule has 8 nitrogen and oxygen atoms in total. The Kier molecular flexibility index (Phi) is 6.57. The molecule has 5 rings (SSSR count). The zero-order chi connectivity index (χ0) is 26.0. The summed E-state index contributed by atoms with van der Waals surface area (Å²) in [5.74, 6) is 5.17. The van der Waals surface area contributed by atoms with Gasteiger partial charge in [-0.25, -0.2) is 4.79 Å². The molecule has 1 atom stereocenters. The number of carbonyl (C=O) groups is 2. The van der Waals surface area contributed by atoms with E-state index >= 15 is 0 Å². The molecule has 1 aromatic heterocycles. The van der Waals surface area contributed by atoms with Crippen molar-refractivity contribution in [1.29, 1.82) is 0 Å². The van der Waals surface area contributed by atoms with Crippen LogP contribution in [0.5, 0.6) is 0 Å². The lowest BCUT2D eigenvalue weighted by atomic mass is 9.78. The van der Waals surface area contributed by atoms with Gasteiger partial charge in [0, 0.05) is 16.1 Å². The SMILES string of the molecule is CC(OC(=O)Nc1cnoc1C#Cc1ccc2cc(C3(C(=O)O)COC3)ccc2c1)c1ccccc1Cl. The zero-order valence-corrected chi connectivity index (χ0v) is 20.4. The summed E-state index contributed by atoms with van der Waals surface area (Å²) in [4.78, 5) is 24.2. The molecule has 4 aromatic rings. The second-order valence-electron chi connectivity index (χ2n) is 8.67. The summed E-state index contributed by atoms with van der Waals surface area (Å²) in [6, 6.07) is 18.3. The molecule has 37 heavy (non-hydrogen) atoms. The number of amides is 1. The lowest BCUT2D eigenvalue weighted by molar-refractivity contribution is -0.163. The summed E-state index contributed by atoms with van der Waals surface area (Å²) in [6.45, 7) is 2.05. The first-order valence-electron chi connectivity index (χ1n) is 11.4. The van der Waals surface area contributed by atoms with Crippen molar-refractivity contribution >= 4 is 40.1 Å². The van der Waals surface area contributed by atoms with Gasteiger partial charge in [-0.05, 0) is 53.4 Å². The Balaban J connectivity index is 1.29. The van der Waals surface area contributed by atoms with Gasteiger partial charge in [0.05, 0.1) is 19.4 Å². The summed E-state index contributed by atoms with van der Waals surface area (Å²) >= 11 is 6.17. The van der Waals surface area contributed by atoms with Gasteiger partial charge in [-0.2, -0.15) is 0 Å². The molecular formula is C28H21ClN2O6. The molecule has 0 saturated carbocycles. The van der Waals surface area contributed by atoms with Crippen molar-refractivity contribution in [3.8, 4) is 11.8 Å². The quantitative estimate of drug-likeness (QED) is 0.335. The van der Waals surface area contributed by atoms with Crippen LogP contribution in [-0.4, -0.2) is 35.5 Å². The standard InChI is InChI=1S/C28H21ClN2O6/c1-17(22-4-2-3-5-23(22)29)36-27(34)31-24-14-30-37-25(24)11-7-18-6-8-20-13-21(10-9-19(20)12-18)28(26(32)33)15-35-16-28/h2-6,8-10,12-14,17H,15-16H2,1H3,(H,31,34)(H,32,33). The number of hydrogen-bond acceptors (Lipinski definition) is 6. The molecule has 2 N–H and O–H groups in total. The van der Waals surface area contributed by atoms with E-state index in [1.807, 2.05) is 42.5 Å². The average molecular weight is 517 g/mol. The van der Waals surface area contributed by atoms with Crippen LogP contribution in [0.2, 0.25) is 5.02 Å². The van der Waals surface area contributed by atoms with Crippen molar-refractivity contribution in [3.05, 3.63) is 94.3 Å². The Labute approximate surface area is 217 Å². The second-order valence-corrected chi connectivity index (χ2v) is 9.08. The van der Waals surface area contributed by atoms with Gasteiger partial charge in [0.2, 0.25) is 5.76 Å². The van der Waals surface area contributed by atoms with Crippen LogP contribution in [0, 0.1) is 11.8 Å². The Bertz CT molecular complexity index is 1560. The summed E-state index contributed by atoms with van der Waals surface area (Å²) < 4.78 is 15.8. The maximum atomic E-state index is 12.4. The second kappa shape index (κ2) is 9.97. The molecule has 1 saturated heterocycles. The van der Waals surface area contributed by atoms with Gasteiger partial charge < -0.3 is 19.1 Å². The Hall–Kier alpha value is -4.32. The van der Waals surface area contributed by atoms with Crippen LogP contribution in [-0.2, 0) is 19.7 Å². The predicted octanol–water partition coefficient (Wildman–Crippen LogP) is 5.54. The van der Waals surface area contributed by atoms with E-state index < -0.39 is 23.6 Å². The zero-order valence-electron chi connectivity index (χ0n) is 19.7. The van der Waals surface area contributed by atoms with Crippen molar-refractivity contribution in [2.24, 2.45) is 0 Å². The normalized spacial score (nSPS) is 14.6. The van der Waals surface area contributed by atoms with Crippen LogP contribution >= 0.6 is 11.6 Å². The summed E-state index contributed by atoms with van der Waals surface area (Å²) in [6.07, 6.45) is 0.0788. The van der Waals surface area contributed by atoms with E-state index in [2.05, 4.69) is 22.3 Å². The number of carboxylic acids is 1. The minimum atomic E-state index is -0.991. The molecule has 3 aromatic carbocycles. The van der Waals surface area contributed by atoms with Crippen LogP contribution in [0.15, 0.2) is 71.4 Å². The first-order chi connectivity index (χ1) is 17.9. The van der Waals surface area contributed by atoms with Crippen LogP contribution < -0.4 is 5.32 Å². The third kappa shape index (κ3) is 4.87. The van der Waals surface area contributed by atoms with Gasteiger partial charge in [0.1, 0.15) is 17.2 Å². The van der Waals surface area contributed by atoms with Crippen LogP contribution in [0.25, 0.3) is 10.8 Å². The lowest BCUT2D eigenvalue weighted by Crippen LogP contribution is -2.53. The molecular weight excluding hydrogens is 496 g/mol. The Morgan fingerprint density at radius 1 is 1.11 bits per heavy atom. The van der Waals surface area contributed by atoms with E-state index in [4.69, 9.17) is 25.6 Å². The molecule has 9 heteroatoms. The number of fused-ring (bicyclic) bond motifs is 1. The van der Waals surface area contributed by atoms with Gasteiger partial charge in [-0.1, -0.05) is 59.1 Å². The van der Waals surface area contributed by atoms with Crippen molar-refractivity contribution in [2.45, 2.75) is 18.4 Å². The highest BCUT2D eigenvalue weighted by molar-refractivity contribution is 6.31. The topological polar surface area (TPSA) is 111 Å². The number of anilines is 1. The number of aromatic nitrogens is 1. The molecule has 1 unspecified atom stereocenters. The number of nitrogens with one attached hydrogen (secondary N) is 1. The highest BCUT2D eigenvalue weighted by atomic mass is 35.5. The van der Waals surface area contributed by atoms with Crippen molar-refractivity contribution < 1.29 is 28.7 Å². The van der Waals surface area contributed by atoms with Gasteiger partial charge in [0.25, 0.3) is 0 Å². The lowest BCUT2D eigenvalue weighted by Gasteiger charge is -2.37. The number of carboxylic acid groups (broad SMARTS) is 1. The first-order valence-corrected chi connectivity index (χ1v) is 11.8. The number of hydrogen-bond donors (Lipinski definition) is 2. The minimum absolute atomic E-state index is 0.164. The molecule has 1 fully saturated rings. The monoisotopic (exact) mass is 516 g/mol. The summed E-state index contributed by atoms with van der Waals surface area (Å²) in [7, 11) is 0. The molecule has 2 heterocycles. The molecule has 1 aliphatic rings. The summed E-state index contributed by atoms with van der Waals surface area (Å²) in [5, 5.41) is 18.3. The molecule has 0 spiro atoms. The molecule has 1 amide bonds. The molecule has 0 radical (unpaired) electrons. The number of benzene rings is 3. The fourth-order valence-corrected chi connectivity index (χ4v) is 4.35. The number of carbonyl (C=O) groups excluding carboxylic acids is 1. The maximum Gasteiger partial charge on any atom is 0.412 e. The number of nitrogens with zero attached hydrogens (tertiary/aromatic N) is 1. The molecule has 0 aliphatic carbocycles. The smallest absolute Gasteiger partial charge is 0.412 e. The predicted molar refractivity (Wildman–Crippen MR) is 137 cm³/mol. The van der Waals surface area contributed by atoms with E-state index in [0.717, 1.165) is 10.8 Å². The van der Waals surface area contributed by atoms with E-state index in [9.17, 15) is 14.7 Å². The van der Waals surface area contributed by atoms with Crippen molar-refractivity contribution in [3.63, 3.8) is 0 Å². The van der Waals surface area contributed by atoms with Gasteiger partial charge >= 0.3 is 12.1 Å². The molecule has 1 aliphatic heterocycles. The van der Waals surface area contributed by atoms with Gasteiger partial charge in [-0.15, -0.1) is 0 Å². The van der Waals surface area contributed by atoms with E-state index in [1.54, 1.807) is 25.1 Å². The van der Waals surface area contributed by atoms with E-state index in [0.29, 0.717) is 21.7 Å². The third-order valence-electron chi connectivity index (χ3n) is 6.25. The average Bonchev–Trinajstić information content (AvgIpc) is 3.28. The maximum absolute atomic E-state index is 12.4. The fraction of sp³-hybridized carbons (Fsp3) is 0.179. The van der Waals surface area contributed by atoms with Crippen LogP contribution in [0.1, 0.15) is 35.5 Å². The number of rotatable bonds is 5. The van der Waals surface area contributed by atoms with Gasteiger partial charge in [0.15, 0.2) is 0 Å². The van der Waals surface area contributed by atoms with Gasteiger partial charge in [-0.3, -0.25) is 10.1 Å². The molecule has 0 bridgehead atoms. The minimum Gasteiger partial charge on any atom is -0.480 e. The largest absolute Gasteiger partial charge is 0.480 e. The highest BCUT2D eigenvalue weighted by Crippen LogP contribution is 2.34. The van der Waals surface area contributed by atoms with E-state index in [1.165, 1.54) is 6.20 Å². The Morgan fingerprint density at radius 2 is 1.86 bits per heavy atom. The van der Waals surface area contributed by atoms with Crippen LogP contribution in [0.4, 0.5) is 10.5 Å². The highest BCUT2D eigenvalue weighted by Gasteiger charge is 2.47. The fourth-order valence-electron chi connectivity index (χ4n) is 4.06. The van der Waals surface area contributed by atoms with Crippen molar-refractivity contribution in [2.75, 3.05) is 18.5 Å². The van der Waals surface area contributed by atoms with E-state index in [-0.39, 0.29) is 24.7 Å².